The zero-order chi connectivity index (χ0) is 18.6. The van der Waals surface area contributed by atoms with E-state index in [0.717, 1.165) is 30.8 Å². The summed E-state index contributed by atoms with van der Waals surface area (Å²) in [6.45, 7) is 3.92. The Hall–Kier alpha value is -3.14. The molecule has 0 spiro atoms. The lowest BCUT2D eigenvalue weighted by molar-refractivity contribution is -0.115. The topological polar surface area (TPSA) is 45.2 Å². The molecule has 136 valence electrons. The minimum atomic E-state index is -0.0500. The molecule has 0 saturated carbocycles. The second kappa shape index (κ2) is 7.62. The Labute approximate surface area is 159 Å². The van der Waals surface area contributed by atoms with Gasteiger partial charge in [0.15, 0.2) is 0 Å². The van der Waals surface area contributed by atoms with Crippen LogP contribution >= 0.6 is 0 Å². The maximum Gasteiger partial charge on any atom is 0.229 e. The quantitative estimate of drug-likeness (QED) is 0.763. The number of amides is 1. The maximum atomic E-state index is 12.2. The van der Waals surface area contributed by atoms with Crippen LogP contribution in [-0.4, -0.2) is 17.4 Å². The highest BCUT2D eigenvalue weighted by Gasteiger charge is 2.16. The number of pyridine rings is 1. The Kier molecular flexibility index (Phi) is 4.88. The molecule has 4 nitrogen and oxygen atoms in total. The summed E-state index contributed by atoms with van der Waals surface area (Å²) >= 11 is 0. The van der Waals surface area contributed by atoms with Crippen LogP contribution in [0.15, 0.2) is 66.9 Å². The molecular weight excluding hydrogens is 334 g/mol. The monoisotopic (exact) mass is 357 g/mol. The third-order valence-corrected chi connectivity index (χ3v) is 5.00. The van der Waals surface area contributed by atoms with E-state index >= 15 is 0 Å². The van der Waals surface area contributed by atoms with Gasteiger partial charge < -0.3 is 10.2 Å². The van der Waals surface area contributed by atoms with E-state index in [9.17, 15) is 4.79 Å². The number of carbonyl (C=O) groups is 1. The van der Waals surface area contributed by atoms with Crippen LogP contribution in [0.1, 0.15) is 22.3 Å². The van der Waals surface area contributed by atoms with Crippen LogP contribution in [-0.2, 0) is 24.2 Å². The molecular formula is C23H23N3O. The first kappa shape index (κ1) is 17.3. The molecule has 0 unspecified atom stereocenters. The van der Waals surface area contributed by atoms with Gasteiger partial charge in [0.05, 0.1) is 18.3 Å². The number of fused-ring (bicyclic) bond motifs is 1. The summed E-state index contributed by atoms with van der Waals surface area (Å²) in [5.41, 5.74) is 6.08. The fourth-order valence-electron chi connectivity index (χ4n) is 3.44. The first-order valence-electron chi connectivity index (χ1n) is 9.30. The summed E-state index contributed by atoms with van der Waals surface area (Å²) in [7, 11) is 0. The van der Waals surface area contributed by atoms with Crippen LogP contribution in [0.3, 0.4) is 0 Å². The summed E-state index contributed by atoms with van der Waals surface area (Å²) in [4.78, 5) is 19.0. The Morgan fingerprint density at radius 3 is 2.56 bits per heavy atom. The average Bonchev–Trinajstić information content (AvgIpc) is 2.70. The van der Waals surface area contributed by atoms with Crippen molar-refractivity contribution in [2.24, 2.45) is 0 Å². The third-order valence-electron chi connectivity index (χ3n) is 5.00. The second-order valence-electron chi connectivity index (χ2n) is 7.05. The molecule has 0 aliphatic carbocycles. The zero-order valence-electron chi connectivity index (χ0n) is 15.5. The summed E-state index contributed by atoms with van der Waals surface area (Å²) in [6.07, 6.45) is 3.24. The Morgan fingerprint density at radius 2 is 1.81 bits per heavy atom. The average molecular weight is 357 g/mol. The number of hydrogen-bond donors (Lipinski definition) is 1. The van der Waals surface area contributed by atoms with Gasteiger partial charge in [0, 0.05) is 13.1 Å². The lowest BCUT2D eigenvalue weighted by Crippen LogP contribution is -2.30. The molecule has 0 fully saturated rings. The van der Waals surface area contributed by atoms with Crippen molar-refractivity contribution in [3.05, 3.63) is 89.1 Å². The first-order valence-corrected chi connectivity index (χ1v) is 9.30. The Balaban J connectivity index is 1.38. The van der Waals surface area contributed by atoms with E-state index in [1.807, 2.05) is 49.5 Å². The fraction of sp³-hybridized carbons (Fsp3) is 0.217. The van der Waals surface area contributed by atoms with Gasteiger partial charge in [-0.05, 0) is 42.2 Å². The number of anilines is 2. The SMILES string of the molecule is Cc1ccc(CC(=O)Nc2ccc(N3CCc4ccccc4C3)cn2)cc1. The smallest absolute Gasteiger partial charge is 0.229 e. The molecule has 1 aliphatic rings. The van der Waals surface area contributed by atoms with E-state index in [1.54, 1.807) is 0 Å². The summed E-state index contributed by atoms with van der Waals surface area (Å²) in [6, 6.07) is 20.5. The predicted octanol–water partition coefficient (Wildman–Crippen LogP) is 4.13. The van der Waals surface area contributed by atoms with Crippen molar-refractivity contribution in [1.29, 1.82) is 0 Å². The Morgan fingerprint density at radius 1 is 1.04 bits per heavy atom. The van der Waals surface area contributed by atoms with Crippen molar-refractivity contribution in [3.8, 4) is 0 Å². The highest BCUT2D eigenvalue weighted by Crippen LogP contribution is 2.24. The van der Waals surface area contributed by atoms with E-state index in [2.05, 4.69) is 39.5 Å². The molecule has 0 radical (unpaired) electrons. The molecule has 2 heterocycles. The minimum Gasteiger partial charge on any atom is -0.366 e. The van der Waals surface area contributed by atoms with Gasteiger partial charge in [-0.25, -0.2) is 4.98 Å². The largest absolute Gasteiger partial charge is 0.366 e. The van der Waals surface area contributed by atoms with E-state index in [1.165, 1.54) is 16.7 Å². The number of nitrogens with zero attached hydrogens (tertiary/aromatic N) is 2. The second-order valence-corrected chi connectivity index (χ2v) is 7.05. The standard InChI is InChI=1S/C23H23N3O/c1-17-6-8-18(9-7-17)14-23(27)25-22-11-10-21(15-24-22)26-13-12-19-4-2-3-5-20(19)16-26/h2-11,15H,12-14,16H2,1H3,(H,24,25,27). The molecule has 1 N–H and O–H groups in total. The van der Waals surface area contributed by atoms with Crippen molar-refractivity contribution in [3.63, 3.8) is 0 Å². The molecule has 1 amide bonds. The lowest BCUT2D eigenvalue weighted by Gasteiger charge is -2.30. The molecule has 0 saturated heterocycles. The number of aromatic nitrogens is 1. The van der Waals surface area contributed by atoms with E-state index in [4.69, 9.17) is 0 Å². The molecule has 1 aromatic heterocycles. The van der Waals surface area contributed by atoms with Crippen LogP contribution < -0.4 is 10.2 Å². The molecule has 0 atom stereocenters. The number of nitrogens with one attached hydrogen (secondary N) is 1. The summed E-state index contributed by atoms with van der Waals surface area (Å²) in [5.74, 6) is 0.541. The molecule has 27 heavy (non-hydrogen) atoms. The minimum absolute atomic E-state index is 0.0500. The number of benzene rings is 2. The Bertz CT molecular complexity index is 933. The van der Waals surface area contributed by atoms with Gasteiger partial charge in [-0.1, -0.05) is 54.1 Å². The number of aryl methyl sites for hydroxylation is 1. The van der Waals surface area contributed by atoms with Gasteiger partial charge in [0.25, 0.3) is 0 Å². The van der Waals surface area contributed by atoms with Crippen molar-refractivity contribution < 1.29 is 4.79 Å². The van der Waals surface area contributed by atoms with Crippen LogP contribution in [0.2, 0.25) is 0 Å². The molecule has 3 aromatic rings. The molecule has 4 heteroatoms. The molecule has 4 rings (SSSR count). The normalized spacial score (nSPS) is 13.1. The fourth-order valence-corrected chi connectivity index (χ4v) is 3.44. The van der Waals surface area contributed by atoms with E-state index < -0.39 is 0 Å². The number of hydrogen-bond acceptors (Lipinski definition) is 3. The third kappa shape index (κ3) is 4.17. The first-order chi connectivity index (χ1) is 13.2. The van der Waals surface area contributed by atoms with Crippen LogP contribution in [0.4, 0.5) is 11.5 Å². The van der Waals surface area contributed by atoms with Crippen LogP contribution in [0.25, 0.3) is 0 Å². The highest BCUT2D eigenvalue weighted by atomic mass is 16.1. The van der Waals surface area contributed by atoms with Crippen molar-refractivity contribution in [2.45, 2.75) is 26.3 Å². The van der Waals surface area contributed by atoms with Gasteiger partial charge in [-0.15, -0.1) is 0 Å². The maximum absolute atomic E-state index is 12.2. The number of rotatable bonds is 4. The highest BCUT2D eigenvalue weighted by molar-refractivity contribution is 5.91. The summed E-state index contributed by atoms with van der Waals surface area (Å²) in [5, 5.41) is 2.88. The van der Waals surface area contributed by atoms with E-state index in [0.29, 0.717) is 12.2 Å². The van der Waals surface area contributed by atoms with Crippen LogP contribution in [0.5, 0.6) is 0 Å². The van der Waals surface area contributed by atoms with Gasteiger partial charge in [-0.2, -0.15) is 0 Å². The van der Waals surface area contributed by atoms with Crippen LogP contribution in [0, 0.1) is 6.92 Å². The lowest BCUT2D eigenvalue weighted by atomic mass is 10.00. The van der Waals surface area contributed by atoms with Crippen molar-refractivity contribution in [2.75, 3.05) is 16.8 Å². The zero-order valence-corrected chi connectivity index (χ0v) is 15.5. The van der Waals surface area contributed by atoms with Gasteiger partial charge >= 0.3 is 0 Å². The summed E-state index contributed by atoms with van der Waals surface area (Å²) < 4.78 is 0. The van der Waals surface area contributed by atoms with E-state index in [-0.39, 0.29) is 5.91 Å². The van der Waals surface area contributed by atoms with Gasteiger partial charge in [0.1, 0.15) is 5.82 Å². The van der Waals surface area contributed by atoms with Crippen molar-refractivity contribution in [1.82, 2.24) is 4.98 Å². The predicted molar refractivity (Wildman–Crippen MR) is 109 cm³/mol. The van der Waals surface area contributed by atoms with Crippen molar-refractivity contribution >= 4 is 17.4 Å². The molecule has 0 bridgehead atoms. The number of carbonyl (C=O) groups excluding carboxylic acids is 1. The molecule has 2 aromatic carbocycles. The molecule has 1 aliphatic heterocycles. The van der Waals surface area contributed by atoms with Gasteiger partial charge in [0.2, 0.25) is 5.91 Å². The van der Waals surface area contributed by atoms with Gasteiger partial charge in [-0.3, -0.25) is 4.79 Å².